The van der Waals surface area contributed by atoms with E-state index in [1.54, 1.807) is 11.3 Å². The van der Waals surface area contributed by atoms with Gasteiger partial charge in [-0.2, -0.15) is 4.98 Å². The molecule has 1 aromatic carbocycles. The highest BCUT2D eigenvalue weighted by Gasteiger charge is 2.21. The van der Waals surface area contributed by atoms with Crippen LogP contribution in [0, 0.1) is 13.8 Å². The van der Waals surface area contributed by atoms with Crippen LogP contribution in [-0.2, 0) is 6.54 Å². The van der Waals surface area contributed by atoms with Gasteiger partial charge in [-0.3, -0.25) is 0 Å². The molecule has 0 unspecified atom stereocenters. The minimum Gasteiger partial charge on any atom is -0.454 e. The molecule has 5 rings (SSSR count). The molecule has 2 aromatic heterocycles. The number of ether oxygens (including phenoxy) is 2. The predicted octanol–water partition coefficient (Wildman–Crippen LogP) is 3.40. The first kappa shape index (κ1) is 18.4. The van der Waals surface area contributed by atoms with E-state index in [9.17, 15) is 0 Å². The summed E-state index contributed by atoms with van der Waals surface area (Å²) < 4.78 is 10.9. The maximum atomic E-state index is 5.51. The molecule has 0 bridgehead atoms. The van der Waals surface area contributed by atoms with Crippen molar-refractivity contribution in [3.05, 3.63) is 34.2 Å². The molecule has 7 nitrogen and oxygen atoms in total. The minimum atomic E-state index is 0.292. The predicted molar refractivity (Wildman–Crippen MR) is 116 cm³/mol. The first-order valence-corrected chi connectivity index (χ1v) is 10.7. The van der Waals surface area contributed by atoms with Gasteiger partial charge in [-0.15, -0.1) is 11.3 Å². The molecule has 0 amide bonds. The Hall–Kier alpha value is -2.58. The lowest BCUT2D eigenvalue weighted by Gasteiger charge is -2.32. The zero-order chi connectivity index (χ0) is 20.0. The molecule has 8 heteroatoms. The average molecular weight is 412 g/mol. The van der Waals surface area contributed by atoms with E-state index in [1.165, 1.54) is 10.4 Å². The van der Waals surface area contributed by atoms with Crippen molar-refractivity contribution in [2.75, 3.05) is 50.2 Å². The molecule has 1 N–H and O–H groups in total. The van der Waals surface area contributed by atoms with Crippen molar-refractivity contribution in [2.24, 2.45) is 0 Å². The minimum absolute atomic E-state index is 0.292. The Kier molecular flexibility index (Phi) is 4.67. The molecule has 0 atom stereocenters. The molecule has 0 saturated carbocycles. The number of thiophene rings is 1. The second-order valence-electron chi connectivity index (χ2n) is 7.67. The number of rotatable bonds is 4. The number of nitrogens with zero attached hydrogens (tertiary/aromatic N) is 4. The highest BCUT2D eigenvalue weighted by atomic mass is 32.1. The smallest absolute Gasteiger partial charge is 0.231 e. The summed E-state index contributed by atoms with van der Waals surface area (Å²) in [6.45, 7) is 9.23. The molecule has 152 valence electrons. The maximum Gasteiger partial charge on any atom is 0.231 e. The Morgan fingerprint density at radius 1 is 1.07 bits per heavy atom. The van der Waals surface area contributed by atoms with Crippen molar-refractivity contribution in [1.29, 1.82) is 0 Å². The van der Waals surface area contributed by atoms with Crippen molar-refractivity contribution in [3.8, 4) is 11.5 Å². The van der Waals surface area contributed by atoms with Crippen molar-refractivity contribution >= 4 is 33.3 Å². The van der Waals surface area contributed by atoms with E-state index in [-0.39, 0.29) is 0 Å². The number of aryl methyl sites for hydroxylation is 2. The van der Waals surface area contributed by atoms with Crippen molar-refractivity contribution in [1.82, 2.24) is 14.9 Å². The van der Waals surface area contributed by atoms with Gasteiger partial charge in [0.25, 0.3) is 0 Å². The molecule has 2 aliphatic heterocycles. The number of fused-ring (bicyclic) bond motifs is 2. The van der Waals surface area contributed by atoms with Gasteiger partial charge in [0.05, 0.1) is 5.39 Å². The van der Waals surface area contributed by atoms with Gasteiger partial charge < -0.3 is 24.6 Å². The fraction of sp³-hybridized carbons (Fsp3) is 0.429. The highest BCUT2D eigenvalue weighted by Crippen LogP contribution is 2.36. The fourth-order valence-corrected chi connectivity index (χ4v) is 4.78. The lowest BCUT2D eigenvalue weighted by Crippen LogP contribution is -2.45. The van der Waals surface area contributed by atoms with Crippen LogP contribution in [0.4, 0.5) is 11.8 Å². The monoisotopic (exact) mass is 411 g/mol. The number of anilines is 2. The standard InChI is InChI=1S/C21H25N5O2S/c1-13-14(2)29-20-18(13)19(23-21(24-20)26-8-6-25(3)7-9-26)22-11-15-4-5-16-17(10-15)28-12-27-16/h4-5,10H,6-9,11-12H2,1-3H3,(H,22,23,24). The van der Waals surface area contributed by atoms with Gasteiger partial charge in [0, 0.05) is 37.6 Å². The van der Waals surface area contributed by atoms with E-state index in [4.69, 9.17) is 19.4 Å². The second-order valence-corrected chi connectivity index (χ2v) is 8.87. The second kappa shape index (κ2) is 7.35. The number of likely N-dealkylation sites (N-methyl/N-ethyl adjacent to an activating group) is 1. The van der Waals surface area contributed by atoms with Gasteiger partial charge in [0.1, 0.15) is 10.6 Å². The van der Waals surface area contributed by atoms with Crippen molar-refractivity contribution < 1.29 is 9.47 Å². The molecular formula is C21H25N5O2S. The molecule has 29 heavy (non-hydrogen) atoms. The number of piperazine rings is 1. The Balaban J connectivity index is 1.46. The molecule has 1 fully saturated rings. The van der Waals surface area contributed by atoms with Crippen LogP contribution >= 0.6 is 11.3 Å². The highest BCUT2D eigenvalue weighted by molar-refractivity contribution is 7.18. The average Bonchev–Trinajstić information content (AvgIpc) is 3.30. The van der Waals surface area contributed by atoms with Gasteiger partial charge in [0.15, 0.2) is 11.5 Å². The summed E-state index contributed by atoms with van der Waals surface area (Å²) in [5, 5.41) is 4.69. The lowest BCUT2D eigenvalue weighted by atomic mass is 10.2. The van der Waals surface area contributed by atoms with Crippen LogP contribution in [0.25, 0.3) is 10.2 Å². The van der Waals surface area contributed by atoms with E-state index in [0.29, 0.717) is 13.3 Å². The third kappa shape index (κ3) is 3.47. The van der Waals surface area contributed by atoms with Gasteiger partial charge >= 0.3 is 0 Å². The van der Waals surface area contributed by atoms with Crippen LogP contribution in [0.2, 0.25) is 0 Å². The number of hydrogen-bond donors (Lipinski definition) is 1. The molecule has 3 aromatic rings. The number of nitrogens with one attached hydrogen (secondary N) is 1. The largest absolute Gasteiger partial charge is 0.454 e. The van der Waals surface area contributed by atoms with Gasteiger partial charge in [-0.05, 0) is 44.2 Å². The summed E-state index contributed by atoms with van der Waals surface area (Å²) in [7, 11) is 2.16. The maximum absolute atomic E-state index is 5.51. The van der Waals surface area contributed by atoms with Crippen molar-refractivity contribution in [2.45, 2.75) is 20.4 Å². The molecule has 2 aliphatic rings. The van der Waals surface area contributed by atoms with Crippen LogP contribution in [-0.4, -0.2) is 54.9 Å². The first-order chi connectivity index (χ1) is 14.1. The van der Waals surface area contributed by atoms with E-state index < -0.39 is 0 Å². The molecule has 4 heterocycles. The Morgan fingerprint density at radius 3 is 2.69 bits per heavy atom. The molecule has 1 saturated heterocycles. The summed E-state index contributed by atoms with van der Waals surface area (Å²) in [5.41, 5.74) is 2.38. The number of hydrogen-bond acceptors (Lipinski definition) is 8. The van der Waals surface area contributed by atoms with E-state index in [0.717, 1.165) is 65.2 Å². The van der Waals surface area contributed by atoms with E-state index in [1.807, 2.05) is 12.1 Å². The molecule has 0 spiro atoms. The van der Waals surface area contributed by atoms with Crippen LogP contribution in [0.15, 0.2) is 18.2 Å². The first-order valence-electron chi connectivity index (χ1n) is 9.92. The fourth-order valence-electron chi connectivity index (χ4n) is 3.75. The Bertz CT molecular complexity index is 1060. The van der Waals surface area contributed by atoms with Crippen LogP contribution in [0.3, 0.4) is 0 Å². The van der Waals surface area contributed by atoms with Crippen LogP contribution in [0.1, 0.15) is 16.0 Å². The van der Waals surface area contributed by atoms with Crippen LogP contribution < -0.4 is 19.7 Å². The SMILES string of the molecule is Cc1sc2nc(N3CCN(C)CC3)nc(NCc3ccc4c(c3)OCO4)c2c1C. The molecular weight excluding hydrogens is 386 g/mol. The third-order valence-corrected chi connectivity index (χ3v) is 6.80. The summed E-state index contributed by atoms with van der Waals surface area (Å²) >= 11 is 1.74. The lowest BCUT2D eigenvalue weighted by molar-refractivity contribution is 0.174. The summed E-state index contributed by atoms with van der Waals surface area (Å²) in [5.74, 6) is 3.33. The zero-order valence-electron chi connectivity index (χ0n) is 17.0. The number of benzene rings is 1. The van der Waals surface area contributed by atoms with Crippen molar-refractivity contribution in [3.63, 3.8) is 0 Å². The third-order valence-electron chi connectivity index (χ3n) is 5.70. The Labute approximate surface area is 174 Å². The summed E-state index contributed by atoms with van der Waals surface area (Å²) in [6, 6.07) is 6.05. The zero-order valence-corrected chi connectivity index (χ0v) is 17.8. The Morgan fingerprint density at radius 2 is 1.86 bits per heavy atom. The van der Waals surface area contributed by atoms with E-state index >= 15 is 0 Å². The van der Waals surface area contributed by atoms with E-state index in [2.05, 4.69) is 42.1 Å². The molecule has 0 aliphatic carbocycles. The van der Waals surface area contributed by atoms with Crippen LogP contribution in [0.5, 0.6) is 11.5 Å². The normalized spacial score (nSPS) is 16.6. The quantitative estimate of drug-likeness (QED) is 0.706. The topological polar surface area (TPSA) is 62.8 Å². The van der Waals surface area contributed by atoms with Gasteiger partial charge in [-0.1, -0.05) is 6.07 Å². The summed E-state index contributed by atoms with van der Waals surface area (Å²) in [4.78, 5) is 16.8. The molecule has 0 radical (unpaired) electrons. The summed E-state index contributed by atoms with van der Waals surface area (Å²) in [6.07, 6.45) is 0. The number of aromatic nitrogens is 2. The van der Waals surface area contributed by atoms with Gasteiger partial charge in [0.2, 0.25) is 12.7 Å². The van der Waals surface area contributed by atoms with Gasteiger partial charge in [-0.25, -0.2) is 4.98 Å².